The predicted octanol–water partition coefficient (Wildman–Crippen LogP) is 0.266. The van der Waals surface area contributed by atoms with Crippen LogP contribution in [0.15, 0.2) is 30.2 Å². The number of benzene rings is 1. The Bertz CT molecular complexity index is 404. The van der Waals surface area contributed by atoms with Crippen molar-refractivity contribution >= 4 is 13.1 Å². The maximum absolute atomic E-state index is 12.0. The third kappa shape index (κ3) is 5.92. The fraction of sp³-hybridized carbons (Fsp3) is 0.0909. The summed E-state index contributed by atoms with van der Waals surface area (Å²) in [5.74, 6) is 2.68. The maximum atomic E-state index is 12.0. The molecule has 1 aromatic carbocycles. The molecule has 16 heavy (non-hydrogen) atoms. The first-order valence-electron chi connectivity index (χ1n) is 4.43. The summed E-state index contributed by atoms with van der Waals surface area (Å²) in [6, 6.07) is 6.78. The average molecular weight is 248 g/mol. The van der Waals surface area contributed by atoms with Crippen LogP contribution in [0.2, 0.25) is 0 Å². The van der Waals surface area contributed by atoms with Gasteiger partial charge < -0.3 is 12.9 Å². The van der Waals surface area contributed by atoms with Gasteiger partial charge in [0.2, 0.25) is 0 Å². The molecule has 0 aliphatic carbocycles. The van der Waals surface area contributed by atoms with E-state index in [0.717, 1.165) is 11.6 Å². The van der Waals surface area contributed by atoms with Crippen LogP contribution < -0.4 is 51.4 Å². The van der Waals surface area contributed by atoms with Crippen molar-refractivity contribution in [2.45, 2.75) is 6.42 Å². The van der Waals surface area contributed by atoms with Gasteiger partial charge in [0.15, 0.2) is 0 Å². The number of hydrogen-bond acceptors (Lipinski definition) is 0. The van der Waals surface area contributed by atoms with Crippen LogP contribution in [0.25, 0.3) is 6.08 Å². The van der Waals surface area contributed by atoms with Crippen molar-refractivity contribution in [2.24, 2.45) is 0 Å². The number of rotatable bonds is 3. The molecule has 0 atom stereocenters. The molecule has 0 heterocycles. The largest absolute Gasteiger partial charge is 1.00 e. The summed E-state index contributed by atoms with van der Waals surface area (Å²) >= 11 is 0. The first-order valence-corrected chi connectivity index (χ1v) is 4.43. The molecule has 0 bridgehead atoms. The van der Waals surface area contributed by atoms with Gasteiger partial charge in [0, 0.05) is 6.42 Å². The minimum atomic E-state index is -4.89. The van der Waals surface area contributed by atoms with E-state index >= 15 is 0 Å². The molecular weight excluding hydrogens is 239 g/mol. The molecule has 5 heteroatoms. The Balaban J connectivity index is 0.00000225. The van der Waals surface area contributed by atoms with E-state index in [4.69, 9.17) is 6.42 Å². The summed E-state index contributed by atoms with van der Waals surface area (Å²) in [5.41, 5.74) is 1.26. The van der Waals surface area contributed by atoms with Crippen LogP contribution in [0, 0.1) is 12.3 Å². The Morgan fingerprint density at radius 2 is 1.88 bits per heavy atom. The van der Waals surface area contributed by atoms with Gasteiger partial charge in [-0.15, -0.1) is 18.3 Å². The molecule has 0 radical (unpaired) electrons. The molecule has 0 aromatic heterocycles. The van der Waals surface area contributed by atoms with E-state index in [1.165, 1.54) is 0 Å². The molecule has 0 saturated heterocycles. The monoisotopic (exact) mass is 248 g/mol. The zero-order chi connectivity index (χ0) is 11.3. The summed E-state index contributed by atoms with van der Waals surface area (Å²) in [5, 5.41) is 0. The fourth-order valence-electron chi connectivity index (χ4n) is 1.18. The molecular formula is C11H9BF3K. The second kappa shape index (κ2) is 7.36. The molecule has 1 rings (SSSR count). The zero-order valence-corrected chi connectivity index (χ0v) is 12.1. The summed E-state index contributed by atoms with van der Waals surface area (Å²) in [6.07, 6.45) is 6.52. The first-order chi connectivity index (χ1) is 7.03. The smallest absolute Gasteiger partial charge is 0.445 e. The van der Waals surface area contributed by atoms with Crippen LogP contribution in [0.4, 0.5) is 12.9 Å². The Labute approximate surface area is 136 Å². The van der Waals surface area contributed by atoms with Gasteiger partial charge in [0.25, 0.3) is 0 Å². The van der Waals surface area contributed by atoms with E-state index in [0.29, 0.717) is 12.0 Å². The van der Waals surface area contributed by atoms with Crippen LogP contribution in [-0.4, -0.2) is 6.98 Å². The Morgan fingerprint density at radius 1 is 1.25 bits per heavy atom. The Kier molecular flexibility index (Phi) is 7.36. The van der Waals surface area contributed by atoms with Crippen LogP contribution in [-0.2, 0) is 6.42 Å². The van der Waals surface area contributed by atoms with Crippen LogP contribution in [0.1, 0.15) is 11.1 Å². The molecule has 0 N–H and O–H groups in total. The second-order valence-corrected chi connectivity index (χ2v) is 3.06. The molecule has 0 unspecified atom stereocenters. The third-order valence-electron chi connectivity index (χ3n) is 1.84. The van der Waals surface area contributed by atoms with E-state index in [9.17, 15) is 12.9 Å². The normalized spacial score (nSPS) is 10.9. The standard InChI is InChI=1S/C11H9BF3.K/c1-2-5-10-6-3-4-7-11(10)8-9-12(13,14)15;/h1,3-4,6-9H,5H2;/q-1;+1/b9-8+;. The van der Waals surface area contributed by atoms with Crippen molar-refractivity contribution in [2.75, 3.05) is 0 Å². The molecule has 0 nitrogen and oxygen atoms in total. The molecule has 0 aliphatic rings. The van der Waals surface area contributed by atoms with E-state index in [-0.39, 0.29) is 57.4 Å². The number of terminal acetylenes is 1. The first kappa shape index (κ1) is 16.0. The minimum absolute atomic E-state index is 0. The average Bonchev–Trinajstić information content (AvgIpc) is 2.16. The molecule has 0 fully saturated rings. The summed E-state index contributed by atoms with van der Waals surface area (Å²) < 4.78 is 36.0. The van der Waals surface area contributed by atoms with Gasteiger partial charge in [-0.2, -0.15) is 0 Å². The van der Waals surface area contributed by atoms with Gasteiger partial charge in [-0.25, -0.2) is 0 Å². The third-order valence-corrected chi connectivity index (χ3v) is 1.84. The molecule has 0 saturated carbocycles. The van der Waals surface area contributed by atoms with Crippen molar-refractivity contribution in [3.05, 3.63) is 41.4 Å². The quantitative estimate of drug-likeness (QED) is 0.532. The molecule has 1 aromatic rings. The van der Waals surface area contributed by atoms with Crippen molar-refractivity contribution in [1.29, 1.82) is 0 Å². The van der Waals surface area contributed by atoms with Crippen LogP contribution in [0.3, 0.4) is 0 Å². The van der Waals surface area contributed by atoms with Gasteiger partial charge >= 0.3 is 58.4 Å². The van der Waals surface area contributed by atoms with Crippen molar-refractivity contribution < 1.29 is 64.3 Å². The second-order valence-electron chi connectivity index (χ2n) is 3.06. The Hall–Kier alpha value is 0.0113. The van der Waals surface area contributed by atoms with E-state index < -0.39 is 6.98 Å². The van der Waals surface area contributed by atoms with Gasteiger partial charge in [0.1, 0.15) is 0 Å². The van der Waals surface area contributed by atoms with E-state index in [1.807, 2.05) is 0 Å². The van der Waals surface area contributed by atoms with Crippen molar-refractivity contribution in [3.8, 4) is 12.3 Å². The number of hydrogen-bond donors (Lipinski definition) is 0. The minimum Gasteiger partial charge on any atom is -0.445 e. The maximum Gasteiger partial charge on any atom is 1.00 e. The van der Waals surface area contributed by atoms with Gasteiger partial charge in [-0.3, -0.25) is 0 Å². The SMILES string of the molecule is C#CCc1ccccc1/C=C/[B-](F)(F)F.[K+]. The molecule has 0 spiro atoms. The van der Waals surface area contributed by atoms with E-state index in [2.05, 4.69) is 5.92 Å². The fourth-order valence-corrected chi connectivity index (χ4v) is 1.18. The van der Waals surface area contributed by atoms with Crippen LogP contribution in [0.5, 0.6) is 0 Å². The summed E-state index contributed by atoms with van der Waals surface area (Å²) in [6.45, 7) is -4.89. The molecule has 0 aliphatic heterocycles. The van der Waals surface area contributed by atoms with Crippen LogP contribution >= 0.6 is 0 Å². The van der Waals surface area contributed by atoms with Gasteiger partial charge in [-0.1, -0.05) is 30.3 Å². The van der Waals surface area contributed by atoms with Gasteiger partial charge in [-0.05, 0) is 11.1 Å². The Morgan fingerprint density at radius 3 is 2.44 bits per heavy atom. The summed E-state index contributed by atoms with van der Waals surface area (Å²) in [7, 11) is 0. The zero-order valence-electron chi connectivity index (χ0n) is 8.96. The van der Waals surface area contributed by atoms with Crippen molar-refractivity contribution in [3.63, 3.8) is 0 Å². The molecule has 78 valence electrons. The van der Waals surface area contributed by atoms with Crippen molar-refractivity contribution in [1.82, 2.24) is 0 Å². The van der Waals surface area contributed by atoms with Gasteiger partial charge in [0.05, 0.1) is 0 Å². The topological polar surface area (TPSA) is 0 Å². The number of halogens is 3. The summed E-state index contributed by atoms with van der Waals surface area (Å²) in [4.78, 5) is 0. The van der Waals surface area contributed by atoms with E-state index in [1.54, 1.807) is 24.3 Å². The predicted molar refractivity (Wildman–Crippen MR) is 57.1 cm³/mol. The molecule has 0 amide bonds.